The summed E-state index contributed by atoms with van der Waals surface area (Å²) in [4.78, 5) is 13.7. The Morgan fingerprint density at radius 2 is 2.04 bits per heavy atom. The first-order chi connectivity index (χ1) is 13.0. The van der Waals surface area contributed by atoms with Gasteiger partial charge < -0.3 is 9.88 Å². The van der Waals surface area contributed by atoms with Crippen molar-refractivity contribution >= 4 is 34.7 Å². The number of rotatable bonds is 7. The number of thioether (sulfide) groups is 1. The average Bonchev–Trinajstić information content (AvgIpc) is 3.28. The lowest BCUT2D eigenvalue weighted by molar-refractivity contribution is -0.113. The van der Waals surface area contributed by atoms with Gasteiger partial charge in [-0.2, -0.15) is 0 Å². The lowest BCUT2D eigenvalue weighted by Gasteiger charge is -2.09. The summed E-state index contributed by atoms with van der Waals surface area (Å²) in [5.74, 6) is 1.13. The monoisotopic (exact) mass is 400 g/mol. The van der Waals surface area contributed by atoms with Gasteiger partial charge in [-0.1, -0.05) is 36.4 Å². The van der Waals surface area contributed by atoms with Gasteiger partial charge in [0.05, 0.1) is 5.75 Å². The number of amides is 1. The Labute approximate surface area is 168 Å². The molecule has 2 heterocycles. The predicted molar refractivity (Wildman–Crippen MR) is 114 cm³/mol. The first-order valence-corrected chi connectivity index (χ1v) is 10.9. The number of carbonyl (C=O) groups excluding carboxylic acids is 1. The maximum absolute atomic E-state index is 12.4. The molecule has 0 fully saturated rings. The number of benzene rings is 1. The molecule has 5 nitrogen and oxygen atoms in total. The summed E-state index contributed by atoms with van der Waals surface area (Å²) in [7, 11) is 0. The van der Waals surface area contributed by atoms with Crippen molar-refractivity contribution in [2.45, 2.75) is 45.8 Å². The Morgan fingerprint density at radius 3 is 2.70 bits per heavy atom. The highest BCUT2D eigenvalue weighted by Crippen LogP contribution is 2.28. The molecule has 7 heteroatoms. The van der Waals surface area contributed by atoms with Gasteiger partial charge in [-0.3, -0.25) is 4.79 Å². The standard InChI is InChI=1S/C20H24N4OS2/c1-5-16-10-15(11-26-16)19-22-23-20(24(19)6-2)27-12-18(25)21-17-8-7-13(3)9-14(17)4/h7-11H,5-6,12H2,1-4H3,(H,21,25). The lowest BCUT2D eigenvalue weighted by Crippen LogP contribution is -2.15. The molecule has 0 unspecified atom stereocenters. The van der Waals surface area contributed by atoms with Gasteiger partial charge in [-0.15, -0.1) is 21.5 Å². The summed E-state index contributed by atoms with van der Waals surface area (Å²) in [6.45, 7) is 9.03. The van der Waals surface area contributed by atoms with Crippen LogP contribution in [0.3, 0.4) is 0 Å². The summed E-state index contributed by atoms with van der Waals surface area (Å²) in [5.41, 5.74) is 4.20. The molecule has 0 saturated heterocycles. The van der Waals surface area contributed by atoms with Crippen LogP contribution < -0.4 is 5.32 Å². The van der Waals surface area contributed by atoms with E-state index in [1.165, 1.54) is 22.2 Å². The Morgan fingerprint density at radius 1 is 1.22 bits per heavy atom. The van der Waals surface area contributed by atoms with E-state index in [1.807, 2.05) is 26.0 Å². The second kappa shape index (κ2) is 8.71. The zero-order chi connectivity index (χ0) is 19.4. The van der Waals surface area contributed by atoms with Gasteiger partial charge in [0.2, 0.25) is 5.91 Å². The van der Waals surface area contributed by atoms with Crippen molar-refractivity contribution in [3.05, 3.63) is 45.6 Å². The molecular weight excluding hydrogens is 376 g/mol. The number of aromatic nitrogens is 3. The van der Waals surface area contributed by atoms with E-state index in [4.69, 9.17) is 0 Å². The number of aryl methyl sites for hydroxylation is 3. The van der Waals surface area contributed by atoms with E-state index in [0.29, 0.717) is 5.75 Å². The van der Waals surface area contributed by atoms with Crippen LogP contribution in [0.5, 0.6) is 0 Å². The average molecular weight is 401 g/mol. The Bertz CT molecular complexity index is 945. The maximum Gasteiger partial charge on any atom is 0.234 e. The SMILES string of the molecule is CCc1cc(-c2nnc(SCC(=O)Nc3ccc(C)cc3C)n2CC)cs1. The number of thiophene rings is 1. The van der Waals surface area contributed by atoms with Crippen molar-refractivity contribution in [3.63, 3.8) is 0 Å². The molecule has 0 aliphatic carbocycles. The van der Waals surface area contributed by atoms with Gasteiger partial charge in [-0.05, 0) is 44.9 Å². The van der Waals surface area contributed by atoms with Crippen molar-refractivity contribution in [1.82, 2.24) is 14.8 Å². The van der Waals surface area contributed by atoms with Crippen molar-refractivity contribution in [3.8, 4) is 11.4 Å². The van der Waals surface area contributed by atoms with E-state index in [-0.39, 0.29) is 5.91 Å². The molecule has 0 saturated carbocycles. The van der Waals surface area contributed by atoms with Gasteiger partial charge in [0.25, 0.3) is 0 Å². The largest absolute Gasteiger partial charge is 0.325 e. The Kier molecular flexibility index (Phi) is 6.34. The first-order valence-electron chi connectivity index (χ1n) is 9.02. The van der Waals surface area contributed by atoms with Crippen LogP contribution >= 0.6 is 23.1 Å². The minimum Gasteiger partial charge on any atom is -0.325 e. The highest BCUT2D eigenvalue weighted by atomic mass is 32.2. The minimum atomic E-state index is -0.0389. The lowest BCUT2D eigenvalue weighted by atomic mass is 10.1. The number of hydrogen-bond acceptors (Lipinski definition) is 5. The van der Waals surface area contributed by atoms with Gasteiger partial charge in [0.15, 0.2) is 11.0 Å². The molecule has 1 amide bonds. The zero-order valence-corrected chi connectivity index (χ0v) is 17.7. The summed E-state index contributed by atoms with van der Waals surface area (Å²) in [6, 6.07) is 8.18. The van der Waals surface area contributed by atoms with Crippen LogP contribution in [0.1, 0.15) is 29.9 Å². The summed E-state index contributed by atoms with van der Waals surface area (Å²) < 4.78 is 2.07. The molecule has 0 spiro atoms. The van der Waals surface area contributed by atoms with Crippen molar-refractivity contribution in [2.75, 3.05) is 11.1 Å². The fraction of sp³-hybridized carbons (Fsp3) is 0.350. The van der Waals surface area contributed by atoms with Gasteiger partial charge in [-0.25, -0.2) is 0 Å². The van der Waals surface area contributed by atoms with E-state index < -0.39 is 0 Å². The number of hydrogen-bond donors (Lipinski definition) is 1. The molecule has 3 aromatic rings. The molecule has 1 aromatic carbocycles. The normalized spacial score (nSPS) is 11.0. The molecule has 142 valence electrons. The molecule has 0 radical (unpaired) electrons. The molecule has 0 bridgehead atoms. The van der Waals surface area contributed by atoms with Crippen LogP contribution in [0.2, 0.25) is 0 Å². The molecule has 1 N–H and O–H groups in total. The topological polar surface area (TPSA) is 59.8 Å². The van der Waals surface area contributed by atoms with Gasteiger partial charge >= 0.3 is 0 Å². The van der Waals surface area contributed by atoms with Crippen LogP contribution in [0, 0.1) is 13.8 Å². The van der Waals surface area contributed by atoms with Crippen molar-refractivity contribution in [1.29, 1.82) is 0 Å². The summed E-state index contributed by atoms with van der Waals surface area (Å²) >= 11 is 3.16. The third kappa shape index (κ3) is 4.59. The van der Waals surface area contributed by atoms with E-state index >= 15 is 0 Å². The van der Waals surface area contributed by atoms with Gasteiger partial charge in [0.1, 0.15) is 0 Å². The zero-order valence-electron chi connectivity index (χ0n) is 16.1. The van der Waals surface area contributed by atoms with Gasteiger partial charge in [0, 0.05) is 28.1 Å². The van der Waals surface area contributed by atoms with E-state index in [9.17, 15) is 4.79 Å². The molecule has 0 aliphatic rings. The third-order valence-corrected chi connectivity index (χ3v) is 6.33. The fourth-order valence-electron chi connectivity index (χ4n) is 2.85. The number of nitrogens with zero attached hydrogens (tertiary/aromatic N) is 3. The quantitative estimate of drug-likeness (QED) is 0.571. The van der Waals surface area contributed by atoms with E-state index in [2.05, 4.69) is 51.4 Å². The smallest absolute Gasteiger partial charge is 0.234 e. The van der Waals surface area contributed by atoms with Crippen molar-refractivity contribution in [2.24, 2.45) is 0 Å². The second-order valence-electron chi connectivity index (χ2n) is 6.36. The first kappa shape index (κ1) is 19.6. The van der Waals surface area contributed by atoms with Crippen LogP contribution in [0.4, 0.5) is 5.69 Å². The van der Waals surface area contributed by atoms with E-state index in [0.717, 1.165) is 40.8 Å². The third-order valence-electron chi connectivity index (χ3n) is 4.28. The summed E-state index contributed by atoms with van der Waals surface area (Å²) in [6.07, 6.45) is 1.02. The molecule has 0 atom stereocenters. The van der Waals surface area contributed by atoms with Crippen LogP contribution in [-0.2, 0) is 17.8 Å². The maximum atomic E-state index is 12.4. The minimum absolute atomic E-state index is 0.0389. The molecular formula is C20H24N4OS2. The molecule has 27 heavy (non-hydrogen) atoms. The van der Waals surface area contributed by atoms with Crippen LogP contribution in [0.15, 0.2) is 34.8 Å². The predicted octanol–water partition coefficient (Wildman–Crippen LogP) is 4.94. The molecule has 3 rings (SSSR count). The van der Waals surface area contributed by atoms with Crippen LogP contribution in [0.25, 0.3) is 11.4 Å². The number of nitrogens with one attached hydrogen (secondary N) is 1. The summed E-state index contributed by atoms with van der Waals surface area (Å²) in [5, 5.41) is 14.5. The second-order valence-corrected chi connectivity index (χ2v) is 8.30. The Balaban J connectivity index is 1.68. The number of carbonyl (C=O) groups is 1. The van der Waals surface area contributed by atoms with E-state index in [1.54, 1.807) is 11.3 Å². The highest BCUT2D eigenvalue weighted by Gasteiger charge is 2.16. The van der Waals surface area contributed by atoms with Crippen LogP contribution in [-0.4, -0.2) is 26.4 Å². The van der Waals surface area contributed by atoms with Crippen molar-refractivity contribution < 1.29 is 4.79 Å². The molecule has 2 aromatic heterocycles. The number of anilines is 1. The Hall–Kier alpha value is -2.12. The highest BCUT2D eigenvalue weighted by molar-refractivity contribution is 7.99. The fourth-order valence-corrected chi connectivity index (χ4v) is 4.46. The molecule has 0 aliphatic heterocycles.